The lowest BCUT2D eigenvalue weighted by Gasteiger charge is -2.06. The Bertz CT molecular complexity index is 301. The molecule has 1 atom stereocenters. The number of nitrogens with one attached hydrogen (secondary N) is 1. The fourth-order valence-electron chi connectivity index (χ4n) is 1.50. The van der Waals surface area contributed by atoms with E-state index in [9.17, 15) is 4.39 Å². The van der Waals surface area contributed by atoms with Crippen LogP contribution in [-0.2, 0) is 0 Å². The van der Waals surface area contributed by atoms with Crippen molar-refractivity contribution in [1.29, 1.82) is 0 Å². The Labute approximate surface area is 70.3 Å². The molecule has 12 heavy (non-hydrogen) atoms. The molecule has 0 fully saturated rings. The number of methoxy groups -OCH3 is 1. The maximum Gasteiger partial charge on any atom is 0.148 e. The summed E-state index contributed by atoms with van der Waals surface area (Å²) in [5, 5.41) is 2.97. The number of ether oxygens (including phenoxy) is 1. The average Bonchev–Trinajstić information content (AvgIpc) is 2.48. The van der Waals surface area contributed by atoms with E-state index in [0.717, 1.165) is 5.69 Å². The second-order valence-electron chi connectivity index (χ2n) is 2.77. The quantitative estimate of drug-likeness (QED) is 0.691. The van der Waals surface area contributed by atoms with Crippen molar-refractivity contribution in [1.82, 2.24) is 0 Å². The van der Waals surface area contributed by atoms with Gasteiger partial charge >= 0.3 is 0 Å². The molecule has 2 rings (SSSR count). The van der Waals surface area contributed by atoms with E-state index in [4.69, 9.17) is 4.74 Å². The summed E-state index contributed by atoms with van der Waals surface area (Å²) in [6.07, 6.45) is -0.934. The average molecular weight is 167 g/mol. The van der Waals surface area contributed by atoms with Crippen molar-refractivity contribution in [3.63, 3.8) is 0 Å². The Kier molecular flexibility index (Phi) is 1.64. The predicted molar refractivity (Wildman–Crippen MR) is 45.3 cm³/mol. The highest BCUT2D eigenvalue weighted by Crippen LogP contribution is 2.38. The van der Waals surface area contributed by atoms with Crippen molar-refractivity contribution in [2.24, 2.45) is 0 Å². The number of rotatable bonds is 1. The molecule has 0 amide bonds. The van der Waals surface area contributed by atoms with Crippen LogP contribution in [0.15, 0.2) is 18.2 Å². The maximum atomic E-state index is 13.2. The first-order valence-electron chi connectivity index (χ1n) is 3.88. The minimum atomic E-state index is -0.934. The fourth-order valence-corrected chi connectivity index (χ4v) is 1.50. The third-order valence-electron chi connectivity index (χ3n) is 2.07. The van der Waals surface area contributed by atoms with Crippen LogP contribution >= 0.6 is 0 Å². The molecule has 2 nitrogen and oxygen atoms in total. The van der Waals surface area contributed by atoms with Crippen molar-refractivity contribution in [2.75, 3.05) is 19.0 Å². The molecule has 0 saturated carbocycles. The highest BCUT2D eigenvalue weighted by atomic mass is 19.1. The summed E-state index contributed by atoms with van der Waals surface area (Å²) in [7, 11) is 1.56. The van der Waals surface area contributed by atoms with Gasteiger partial charge in [-0.15, -0.1) is 0 Å². The van der Waals surface area contributed by atoms with Crippen LogP contribution in [0.5, 0.6) is 5.75 Å². The summed E-state index contributed by atoms with van der Waals surface area (Å²) in [5.41, 5.74) is 1.50. The van der Waals surface area contributed by atoms with E-state index in [-0.39, 0.29) is 0 Å². The van der Waals surface area contributed by atoms with Crippen molar-refractivity contribution in [2.45, 2.75) is 6.17 Å². The molecule has 0 aliphatic carbocycles. The van der Waals surface area contributed by atoms with Crippen LogP contribution in [0, 0.1) is 0 Å². The highest BCUT2D eigenvalue weighted by molar-refractivity contribution is 5.62. The molecule has 0 saturated heterocycles. The zero-order chi connectivity index (χ0) is 8.55. The Morgan fingerprint density at radius 3 is 3.17 bits per heavy atom. The lowest BCUT2D eigenvalue weighted by Crippen LogP contribution is -1.95. The number of halogens is 1. The molecule has 1 aliphatic heterocycles. The topological polar surface area (TPSA) is 21.3 Å². The van der Waals surface area contributed by atoms with Gasteiger partial charge in [-0.05, 0) is 12.1 Å². The summed E-state index contributed by atoms with van der Waals surface area (Å²) in [6, 6.07) is 5.48. The van der Waals surface area contributed by atoms with Gasteiger partial charge in [0.25, 0.3) is 0 Å². The van der Waals surface area contributed by atoms with Crippen molar-refractivity contribution < 1.29 is 9.13 Å². The van der Waals surface area contributed by atoms with Gasteiger partial charge in [-0.3, -0.25) is 0 Å². The fraction of sp³-hybridized carbons (Fsp3) is 0.333. The second kappa shape index (κ2) is 2.66. The van der Waals surface area contributed by atoms with Crippen LogP contribution in [0.1, 0.15) is 11.7 Å². The molecule has 0 spiro atoms. The summed E-state index contributed by atoms with van der Waals surface area (Å²) in [5.74, 6) is 0.630. The largest absolute Gasteiger partial charge is 0.496 e. The molecular weight excluding hydrogens is 157 g/mol. The van der Waals surface area contributed by atoms with Gasteiger partial charge in [-0.2, -0.15) is 0 Å². The summed E-state index contributed by atoms with van der Waals surface area (Å²) in [6.45, 7) is 0.357. The second-order valence-corrected chi connectivity index (χ2v) is 2.77. The summed E-state index contributed by atoms with van der Waals surface area (Å²) in [4.78, 5) is 0. The lowest BCUT2D eigenvalue weighted by molar-refractivity contribution is 0.348. The first-order valence-corrected chi connectivity index (χ1v) is 3.88. The van der Waals surface area contributed by atoms with Gasteiger partial charge in [0.05, 0.1) is 19.2 Å². The number of alkyl halides is 1. The lowest BCUT2D eigenvalue weighted by atomic mass is 10.1. The Balaban J connectivity index is 2.53. The van der Waals surface area contributed by atoms with Crippen molar-refractivity contribution in [3.8, 4) is 5.75 Å². The number of fused-ring (bicyclic) bond motifs is 1. The van der Waals surface area contributed by atoms with Gasteiger partial charge in [-0.1, -0.05) is 6.07 Å². The number of benzene rings is 1. The summed E-state index contributed by atoms with van der Waals surface area (Å²) < 4.78 is 18.3. The minimum Gasteiger partial charge on any atom is -0.496 e. The Morgan fingerprint density at radius 1 is 1.58 bits per heavy atom. The van der Waals surface area contributed by atoms with Gasteiger partial charge in [0.15, 0.2) is 0 Å². The molecule has 0 radical (unpaired) electrons. The van der Waals surface area contributed by atoms with Crippen molar-refractivity contribution >= 4 is 5.69 Å². The van der Waals surface area contributed by atoms with Crippen LogP contribution < -0.4 is 10.1 Å². The van der Waals surface area contributed by atoms with Gasteiger partial charge in [0.2, 0.25) is 0 Å². The molecule has 0 bridgehead atoms. The van der Waals surface area contributed by atoms with E-state index in [1.165, 1.54) is 0 Å². The molecule has 1 aromatic carbocycles. The van der Waals surface area contributed by atoms with Crippen LogP contribution in [0.4, 0.5) is 10.1 Å². The van der Waals surface area contributed by atoms with Crippen LogP contribution in [-0.4, -0.2) is 13.7 Å². The van der Waals surface area contributed by atoms with Gasteiger partial charge in [0.1, 0.15) is 11.9 Å². The Hall–Kier alpha value is -1.25. The van der Waals surface area contributed by atoms with E-state index in [0.29, 0.717) is 17.9 Å². The highest BCUT2D eigenvalue weighted by Gasteiger charge is 2.24. The van der Waals surface area contributed by atoms with Crippen LogP contribution in [0.2, 0.25) is 0 Å². The number of hydrogen-bond donors (Lipinski definition) is 1. The molecule has 1 aromatic rings. The van der Waals surface area contributed by atoms with Crippen LogP contribution in [0.3, 0.4) is 0 Å². The van der Waals surface area contributed by atoms with Crippen LogP contribution in [0.25, 0.3) is 0 Å². The maximum absolute atomic E-state index is 13.2. The van der Waals surface area contributed by atoms with E-state index < -0.39 is 6.17 Å². The first-order chi connectivity index (χ1) is 5.83. The third-order valence-corrected chi connectivity index (χ3v) is 2.07. The number of hydrogen-bond acceptors (Lipinski definition) is 2. The molecular formula is C9H10FNO. The molecule has 1 unspecified atom stereocenters. The van der Waals surface area contributed by atoms with Crippen molar-refractivity contribution in [3.05, 3.63) is 23.8 Å². The van der Waals surface area contributed by atoms with Gasteiger partial charge in [-0.25, -0.2) is 4.39 Å². The van der Waals surface area contributed by atoms with E-state index >= 15 is 0 Å². The number of anilines is 1. The summed E-state index contributed by atoms with van der Waals surface area (Å²) >= 11 is 0. The molecule has 3 heteroatoms. The first kappa shape index (κ1) is 7.40. The zero-order valence-electron chi connectivity index (χ0n) is 6.80. The smallest absolute Gasteiger partial charge is 0.148 e. The minimum absolute atomic E-state index is 0.357. The van der Waals surface area contributed by atoms with Gasteiger partial charge < -0.3 is 10.1 Å². The SMILES string of the molecule is COc1cccc2c1C(F)CN2. The van der Waals surface area contributed by atoms with E-state index in [2.05, 4.69) is 5.32 Å². The monoisotopic (exact) mass is 167 g/mol. The standard InChI is InChI=1S/C9H10FNO/c1-12-8-4-2-3-7-9(8)6(10)5-11-7/h2-4,6,11H,5H2,1H3. The van der Waals surface area contributed by atoms with E-state index in [1.54, 1.807) is 13.2 Å². The molecule has 0 aromatic heterocycles. The predicted octanol–water partition coefficient (Wildman–Crippen LogP) is 2.13. The molecule has 1 aliphatic rings. The third kappa shape index (κ3) is 0.932. The molecule has 1 heterocycles. The normalized spacial score (nSPS) is 20.0. The molecule has 64 valence electrons. The van der Waals surface area contributed by atoms with E-state index in [1.807, 2.05) is 12.1 Å². The Morgan fingerprint density at radius 2 is 2.42 bits per heavy atom. The molecule has 1 N–H and O–H groups in total. The zero-order valence-corrected chi connectivity index (χ0v) is 6.80. The van der Waals surface area contributed by atoms with Gasteiger partial charge in [0, 0.05) is 5.69 Å².